The van der Waals surface area contributed by atoms with Gasteiger partial charge < -0.3 is 15.7 Å². The molecule has 4 rings (SSSR count). The minimum atomic E-state index is -0.718. The van der Waals surface area contributed by atoms with Gasteiger partial charge >= 0.3 is 0 Å². The fourth-order valence-electron chi connectivity index (χ4n) is 4.46. The number of aromatic hydroxyl groups is 1. The molecule has 0 aromatic heterocycles. The Morgan fingerprint density at radius 1 is 1.09 bits per heavy atom. The van der Waals surface area contributed by atoms with Gasteiger partial charge in [0.15, 0.2) is 0 Å². The van der Waals surface area contributed by atoms with Crippen LogP contribution in [0.3, 0.4) is 0 Å². The molecule has 168 valence electrons. The molecule has 0 radical (unpaired) electrons. The number of rotatable bonds is 7. The summed E-state index contributed by atoms with van der Waals surface area (Å²) in [4.78, 5) is 17.9. The number of phenols is 1. The fourth-order valence-corrected chi connectivity index (χ4v) is 5.48. The van der Waals surface area contributed by atoms with E-state index in [2.05, 4.69) is 45.4 Å². The number of hydrogen-bond acceptors (Lipinski definition) is 4. The van der Waals surface area contributed by atoms with Gasteiger partial charge in [0, 0.05) is 24.1 Å². The van der Waals surface area contributed by atoms with Crippen molar-refractivity contribution in [3.63, 3.8) is 0 Å². The molecule has 6 heteroatoms. The van der Waals surface area contributed by atoms with Crippen molar-refractivity contribution in [2.24, 2.45) is 10.9 Å². The van der Waals surface area contributed by atoms with Crippen molar-refractivity contribution in [1.82, 2.24) is 10.6 Å². The molecule has 0 spiro atoms. The number of nitrogens with zero attached hydrogens (tertiary/aromatic N) is 1. The van der Waals surface area contributed by atoms with Gasteiger partial charge in [-0.15, -0.1) is 0 Å². The zero-order chi connectivity index (χ0) is 22.4. The van der Waals surface area contributed by atoms with Crippen molar-refractivity contribution in [2.75, 3.05) is 0 Å². The zero-order valence-corrected chi connectivity index (χ0v) is 20.3. The monoisotopic (exact) mass is 543 g/mol. The molecule has 2 aliphatic rings. The van der Waals surface area contributed by atoms with Crippen LogP contribution in [0.15, 0.2) is 65.8 Å². The van der Waals surface area contributed by atoms with Gasteiger partial charge in [-0.3, -0.25) is 9.79 Å². The van der Waals surface area contributed by atoms with Gasteiger partial charge in [-0.1, -0.05) is 49.6 Å². The molecule has 2 aromatic rings. The number of benzene rings is 2. The zero-order valence-electron chi connectivity index (χ0n) is 18.2. The lowest BCUT2D eigenvalue weighted by Crippen LogP contribution is -2.61. The molecular formula is C26H30IN3O2. The second-order valence-electron chi connectivity index (χ2n) is 8.60. The predicted molar refractivity (Wildman–Crippen MR) is 138 cm³/mol. The lowest BCUT2D eigenvalue weighted by molar-refractivity contribution is -0.121. The van der Waals surface area contributed by atoms with Crippen molar-refractivity contribution in [3.05, 3.63) is 71.9 Å². The molecule has 1 aliphatic heterocycles. The Hall–Kier alpha value is -2.35. The molecule has 1 fully saturated rings. The van der Waals surface area contributed by atoms with Crippen molar-refractivity contribution in [3.8, 4) is 5.75 Å². The van der Waals surface area contributed by atoms with Crippen molar-refractivity contribution in [1.29, 1.82) is 0 Å². The average Bonchev–Trinajstić information content (AvgIpc) is 2.81. The number of carbonyl (C=O) groups excluding carboxylic acids is 1. The second kappa shape index (κ2) is 10.5. The van der Waals surface area contributed by atoms with E-state index in [4.69, 9.17) is 4.99 Å². The molecule has 2 aromatic carbocycles. The minimum Gasteiger partial charge on any atom is -0.508 e. The first-order valence-corrected chi connectivity index (χ1v) is 12.5. The van der Waals surface area contributed by atoms with Gasteiger partial charge in [-0.25, -0.2) is 0 Å². The van der Waals surface area contributed by atoms with Crippen LogP contribution in [0.5, 0.6) is 5.75 Å². The summed E-state index contributed by atoms with van der Waals surface area (Å²) >= 11 is 2.31. The quantitative estimate of drug-likeness (QED) is 0.244. The third kappa shape index (κ3) is 5.71. The van der Waals surface area contributed by atoms with Crippen molar-refractivity contribution >= 4 is 39.9 Å². The largest absolute Gasteiger partial charge is 0.508 e. The molecule has 1 saturated carbocycles. The summed E-state index contributed by atoms with van der Waals surface area (Å²) in [5.41, 5.74) is 4.03. The lowest BCUT2D eigenvalue weighted by Gasteiger charge is -2.38. The summed E-state index contributed by atoms with van der Waals surface area (Å²) in [5.74, 6) is 0.618. The van der Waals surface area contributed by atoms with Crippen molar-refractivity contribution < 1.29 is 9.90 Å². The van der Waals surface area contributed by atoms with Gasteiger partial charge in [-0.2, -0.15) is 0 Å². The number of amides is 1. The average molecular weight is 543 g/mol. The molecule has 32 heavy (non-hydrogen) atoms. The number of alkyl halides is 1. The Bertz CT molecular complexity index is 982. The Balaban J connectivity index is 1.47. The van der Waals surface area contributed by atoms with Crippen LogP contribution in [-0.4, -0.2) is 20.4 Å². The third-order valence-electron chi connectivity index (χ3n) is 6.18. The first-order valence-electron chi connectivity index (χ1n) is 11.4. The maximum absolute atomic E-state index is 12.9. The first-order chi connectivity index (χ1) is 15.5. The summed E-state index contributed by atoms with van der Waals surface area (Å²) < 4.78 is -0.718. The maximum atomic E-state index is 12.9. The lowest BCUT2D eigenvalue weighted by atomic mass is 9.84. The van der Waals surface area contributed by atoms with Crippen LogP contribution in [0, 0.1) is 5.92 Å². The topological polar surface area (TPSA) is 73.7 Å². The number of halogens is 1. The summed E-state index contributed by atoms with van der Waals surface area (Å²) in [5, 5.41) is 16.3. The van der Waals surface area contributed by atoms with Gasteiger partial charge in [0.05, 0.1) is 11.4 Å². The number of carbonyl (C=O) groups is 1. The molecule has 0 bridgehead atoms. The van der Waals surface area contributed by atoms with Crippen LogP contribution in [0.1, 0.15) is 56.1 Å². The standard InChI is InChI=1S/C26H30IN3O2/c27-26(30-24(32)13-7-10-19-8-3-1-4-9-19)25(21-11-5-2-6-12-21)29-23(18-28-26)20-14-16-22(31)17-15-20/h1,3-4,8-9,14-18,21,28,31H,2,5-7,10-13H2,(H,30,32). The van der Waals surface area contributed by atoms with Crippen LogP contribution < -0.4 is 10.6 Å². The molecule has 0 saturated heterocycles. The number of nitrogens with one attached hydrogen (secondary N) is 2. The summed E-state index contributed by atoms with van der Waals surface area (Å²) in [6.07, 6.45) is 9.90. The van der Waals surface area contributed by atoms with Gasteiger partial charge in [0.25, 0.3) is 0 Å². The predicted octanol–water partition coefficient (Wildman–Crippen LogP) is 5.54. The van der Waals surface area contributed by atoms with Gasteiger partial charge in [-0.05, 0) is 78.1 Å². The molecule has 1 aliphatic carbocycles. The molecule has 5 nitrogen and oxygen atoms in total. The third-order valence-corrected chi connectivity index (χ3v) is 7.31. The SMILES string of the molecule is O=C(CCCc1ccccc1)NC1(I)NC=C(c2ccc(O)cc2)N=C1C1CCCCC1. The Morgan fingerprint density at radius 3 is 2.53 bits per heavy atom. The highest BCUT2D eigenvalue weighted by molar-refractivity contribution is 14.1. The normalized spacial score (nSPS) is 21.3. The molecule has 1 heterocycles. The van der Waals surface area contributed by atoms with E-state index >= 15 is 0 Å². The summed E-state index contributed by atoms with van der Waals surface area (Å²) in [7, 11) is 0. The fraction of sp³-hybridized carbons (Fsp3) is 0.385. The highest BCUT2D eigenvalue weighted by Gasteiger charge is 2.40. The maximum Gasteiger partial charge on any atom is 0.222 e. The molecule has 1 amide bonds. The number of phenolic OH excluding ortho intramolecular Hbond substituents is 1. The highest BCUT2D eigenvalue weighted by atomic mass is 127. The minimum absolute atomic E-state index is 0.0350. The number of aliphatic imine (C=N–C) groups is 1. The van der Waals surface area contributed by atoms with E-state index in [1.54, 1.807) is 12.1 Å². The van der Waals surface area contributed by atoms with Crippen LogP contribution in [0.2, 0.25) is 0 Å². The molecular weight excluding hydrogens is 513 g/mol. The number of aryl methyl sites for hydroxylation is 1. The Labute approximate surface area is 203 Å². The van der Waals surface area contributed by atoms with E-state index in [1.807, 2.05) is 36.5 Å². The molecule has 3 N–H and O–H groups in total. The van der Waals surface area contributed by atoms with Gasteiger partial charge in [0.1, 0.15) is 5.75 Å². The van der Waals surface area contributed by atoms with Crippen molar-refractivity contribution in [2.45, 2.75) is 55.0 Å². The van der Waals surface area contributed by atoms with E-state index in [9.17, 15) is 9.90 Å². The smallest absolute Gasteiger partial charge is 0.222 e. The second-order valence-corrected chi connectivity index (χ2v) is 10.2. The van der Waals surface area contributed by atoms with E-state index in [0.29, 0.717) is 12.3 Å². The van der Waals surface area contributed by atoms with Crippen LogP contribution in [-0.2, 0) is 11.2 Å². The molecule has 1 unspecified atom stereocenters. The Kier molecular flexibility index (Phi) is 7.50. The van der Waals surface area contributed by atoms with Crippen LogP contribution in [0.25, 0.3) is 5.70 Å². The highest BCUT2D eigenvalue weighted by Crippen LogP contribution is 2.35. The molecule has 1 atom stereocenters. The van der Waals surface area contributed by atoms with E-state index in [1.165, 1.54) is 24.8 Å². The first kappa shape index (κ1) is 22.8. The van der Waals surface area contributed by atoms with Crippen LogP contribution >= 0.6 is 22.6 Å². The number of hydrogen-bond donors (Lipinski definition) is 3. The van der Waals surface area contributed by atoms with Gasteiger partial charge in [0.2, 0.25) is 9.58 Å². The summed E-state index contributed by atoms with van der Waals surface area (Å²) in [6.45, 7) is 0. The van der Waals surface area contributed by atoms with E-state index < -0.39 is 3.67 Å². The van der Waals surface area contributed by atoms with E-state index in [0.717, 1.165) is 42.7 Å². The van der Waals surface area contributed by atoms with E-state index in [-0.39, 0.29) is 11.7 Å². The summed E-state index contributed by atoms with van der Waals surface area (Å²) in [6, 6.07) is 17.4. The Morgan fingerprint density at radius 2 is 1.81 bits per heavy atom. The van der Waals surface area contributed by atoms with Crippen LogP contribution in [0.4, 0.5) is 0 Å².